The molecule has 1 aliphatic rings. The molecule has 0 saturated carbocycles. The van der Waals surface area contributed by atoms with Crippen LogP contribution in [0.3, 0.4) is 0 Å². The van der Waals surface area contributed by atoms with E-state index in [1.54, 1.807) is 30.3 Å². The summed E-state index contributed by atoms with van der Waals surface area (Å²) in [5.41, 5.74) is 2.32. The van der Waals surface area contributed by atoms with Gasteiger partial charge in [0.1, 0.15) is 18.3 Å². The smallest absolute Gasteiger partial charge is 0.338 e. The number of rotatable bonds is 12. The number of carbonyl (C=O) groups is 1. The number of carbonyl (C=O) groups excluding carboxylic acids is 1. The van der Waals surface area contributed by atoms with Gasteiger partial charge in [-0.05, 0) is 23.3 Å². The van der Waals surface area contributed by atoms with E-state index in [9.17, 15) is 9.90 Å². The van der Waals surface area contributed by atoms with Crippen LogP contribution in [0, 0.1) is 0 Å². The zero-order chi connectivity index (χ0) is 25.9. The lowest BCUT2D eigenvalue weighted by Gasteiger charge is -2.43. The van der Waals surface area contributed by atoms with Crippen molar-refractivity contribution < 1.29 is 33.6 Å². The molecule has 0 unspecified atom stereocenters. The minimum Gasteiger partial charge on any atom is -0.453 e. The molecule has 37 heavy (non-hydrogen) atoms. The Kier molecular flexibility index (Phi) is 9.99. The molecule has 4 rings (SSSR count). The summed E-state index contributed by atoms with van der Waals surface area (Å²) >= 11 is 0. The van der Waals surface area contributed by atoms with Gasteiger partial charge in [-0.1, -0.05) is 84.9 Å². The summed E-state index contributed by atoms with van der Waals surface area (Å²) in [4.78, 5) is 13.1. The second-order valence-corrected chi connectivity index (χ2v) is 8.65. The molecule has 0 bridgehead atoms. The Balaban J connectivity index is 1.56. The molecular weight excluding hydrogens is 472 g/mol. The van der Waals surface area contributed by atoms with E-state index >= 15 is 0 Å². The van der Waals surface area contributed by atoms with Gasteiger partial charge >= 0.3 is 5.97 Å². The third kappa shape index (κ3) is 7.58. The molecule has 1 heterocycles. The van der Waals surface area contributed by atoms with Crippen molar-refractivity contribution in [1.29, 1.82) is 0 Å². The topological polar surface area (TPSA) is 83.5 Å². The molecule has 7 nitrogen and oxygen atoms in total. The number of esters is 1. The summed E-state index contributed by atoms with van der Waals surface area (Å²) < 4.78 is 29.9. The van der Waals surface area contributed by atoms with Crippen LogP contribution in [0.4, 0.5) is 0 Å². The van der Waals surface area contributed by atoms with E-state index < -0.39 is 36.7 Å². The fraction of sp³-hybridized carbons (Fsp3) is 0.300. The molecule has 0 amide bonds. The van der Waals surface area contributed by atoms with Crippen LogP contribution in [0.5, 0.6) is 0 Å². The first-order chi connectivity index (χ1) is 18.2. The molecule has 0 spiro atoms. The Morgan fingerprint density at radius 2 is 1.41 bits per heavy atom. The minimum atomic E-state index is -1.37. The Bertz CT molecular complexity index is 1090. The number of ether oxygens (including phenoxy) is 5. The lowest BCUT2D eigenvalue weighted by Crippen LogP contribution is -2.61. The van der Waals surface area contributed by atoms with Gasteiger partial charge in [-0.2, -0.15) is 0 Å². The van der Waals surface area contributed by atoms with Gasteiger partial charge in [-0.15, -0.1) is 6.58 Å². The molecule has 1 saturated heterocycles. The highest BCUT2D eigenvalue weighted by molar-refractivity contribution is 5.89. The highest BCUT2D eigenvalue weighted by Crippen LogP contribution is 2.29. The van der Waals surface area contributed by atoms with E-state index in [1.807, 2.05) is 66.7 Å². The average molecular weight is 505 g/mol. The van der Waals surface area contributed by atoms with Gasteiger partial charge in [0.2, 0.25) is 0 Å². The van der Waals surface area contributed by atoms with Crippen LogP contribution < -0.4 is 0 Å². The van der Waals surface area contributed by atoms with Crippen LogP contribution >= 0.6 is 0 Å². The zero-order valence-corrected chi connectivity index (χ0v) is 20.6. The van der Waals surface area contributed by atoms with E-state index in [2.05, 4.69) is 6.58 Å². The first-order valence-corrected chi connectivity index (χ1v) is 12.2. The lowest BCUT2D eigenvalue weighted by atomic mass is 9.98. The summed E-state index contributed by atoms with van der Waals surface area (Å²) in [6, 6.07) is 28.0. The third-order valence-corrected chi connectivity index (χ3v) is 5.95. The Labute approximate surface area is 217 Å². The standard InChI is InChI=1S/C30H32O7/c1-2-18-34-28-27(37-29(31)24-16-10-5-11-17-24)26(35-20-23-14-8-4-9-15-23)25(36-30(28)32)21-33-19-22-12-6-3-7-13-22/h2-17,25-28,30,32H,1,18-21H2/t25-,26-,27+,28-,30+/m1/s1. The van der Waals surface area contributed by atoms with E-state index in [0.29, 0.717) is 12.2 Å². The van der Waals surface area contributed by atoms with Crippen LogP contribution in [0.15, 0.2) is 104 Å². The van der Waals surface area contributed by atoms with Crippen molar-refractivity contribution >= 4 is 5.97 Å². The van der Waals surface area contributed by atoms with Crippen molar-refractivity contribution in [3.05, 3.63) is 120 Å². The average Bonchev–Trinajstić information content (AvgIpc) is 2.94. The summed E-state index contributed by atoms with van der Waals surface area (Å²) in [6.07, 6.45) is -3.27. The van der Waals surface area contributed by atoms with Crippen molar-refractivity contribution in [2.45, 2.75) is 43.9 Å². The fourth-order valence-electron chi connectivity index (χ4n) is 4.12. The van der Waals surface area contributed by atoms with Gasteiger partial charge in [-0.3, -0.25) is 0 Å². The van der Waals surface area contributed by atoms with Crippen molar-refractivity contribution in [3.63, 3.8) is 0 Å². The summed E-state index contributed by atoms with van der Waals surface area (Å²) in [5, 5.41) is 10.9. The third-order valence-electron chi connectivity index (χ3n) is 5.95. The monoisotopic (exact) mass is 504 g/mol. The molecule has 0 radical (unpaired) electrons. The molecule has 1 aliphatic heterocycles. The number of aliphatic hydroxyl groups excluding tert-OH is 1. The molecule has 3 aromatic carbocycles. The van der Waals surface area contributed by atoms with Crippen LogP contribution in [0.1, 0.15) is 21.5 Å². The van der Waals surface area contributed by atoms with Crippen LogP contribution in [0.25, 0.3) is 0 Å². The van der Waals surface area contributed by atoms with Gasteiger partial charge in [0.25, 0.3) is 0 Å². The quantitative estimate of drug-likeness (QED) is 0.291. The molecule has 1 fully saturated rings. The number of hydrogen-bond donors (Lipinski definition) is 1. The van der Waals surface area contributed by atoms with E-state index in [4.69, 9.17) is 23.7 Å². The molecule has 3 aromatic rings. The summed E-state index contributed by atoms with van der Waals surface area (Å²) in [5.74, 6) is -0.552. The SMILES string of the molecule is C=CCO[C@@H]1[C@@H](OC(=O)c2ccccc2)[C@H](OCc2ccccc2)[C@@H](COCc2ccccc2)O[C@@H]1O. The number of aliphatic hydroxyl groups is 1. The largest absolute Gasteiger partial charge is 0.453 e. The van der Waals surface area contributed by atoms with Crippen molar-refractivity contribution in [2.75, 3.05) is 13.2 Å². The van der Waals surface area contributed by atoms with Gasteiger partial charge in [-0.25, -0.2) is 4.79 Å². The lowest BCUT2D eigenvalue weighted by molar-refractivity contribution is -0.304. The predicted octanol–water partition coefficient (Wildman–Crippen LogP) is 4.30. The summed E-state index contributed by atoms with van der Waals surface area (Å²) in [7, 11) is 0. The van der Waals surface area contributed by atoms with Crippen molar-refractivity contribution in [2.24, 2.45) is 0 Å². The Morgan fingerprint density at radius 3 is 2.03 bits per heavy atom. The highest BCUT2D eigenvalue weighted by atomic mass is 16.7. The molecule has 0 aromatic heterocycles. The minimum absolute atomic E-state index is 0.110. The van der Waals surface area contributed by atoms with Crippen LogP contribution in [-0.4, -0.2) is 55.0 Å². The number of benzene rings is 3. The van der Waals surface area contributed by atoms with E-state index in [0.717, 1.165) is 11.1 Å². The summed E-state index contributed by atoms with van der Waals surface area (Å²) in [6.45, 7) is 4.51. The van der Waals surface area contributed by atoms with Crippen molar-refractivity contribution in [3.8, 4) is 0 Å². The maximum Gasteiger partial charge on any atom is 0.338 e. The molecule has 7 heteroatoms. The molecule has 1 N–H and O–H groups in total. The molecular formula is C30H32O7. The molecule has 5 atom stereocenters. The predicted molar refractivity (Wildman–Crippen MR) is 138 cm³/mol. The first kappa shape index (κ1) is 26.7. The van der Waals surface area contributed by atoms with E-state index in [-0.39, 0.29) is 19.8 Å². The second kappa shape index (κ2) is 13.8. The fourth-order valence-corrected chi connectivity index (χ4v) is 4.12. The Morgan fingerprint density at radius 1 is 0.811 bits per heavy atom. The Hall–Kier alpha value is -3.33. The normalized spacial score (nSPS) is 23.3. The maximum absolute atomic E-state index is 13.1. The van der Waals surface area contributed by atoms with Crippen molar-refractivity contribution in [1.82, 2.24) is 0 Å². The van der Waals surface area contributed by atoms with Gasteiger partial charge in [0.05, 0.1) is 32.0 Å². The maximum atomic E-state index is 13.1. The highest BCUT2D eigenvalue weighted by Gasteiger charge is 2.49. The molecule has 194 valence electrons. The van der Waals surface area contributed by atoms with Crippen LogP contribution in [0.2, 0.25) is 0 Å². The first-order valence-electron chi connectivity index (χ1n) is 12.2. The van der Waals surface area contributed by atoms with E-state index in [1.165, 1.54) is 0 Å². The van der Waals surface area contributed by atoms with Gasteiger partial charge in [0.15, 0.2) is 12.4 Å². The number of hydrogen-bond acceptors (Lipinski definition) is 7. The molecule has 0 aliphatic carbocycles. The van der Waals surface area contributed by atoms with Crippen LogP contribution in [-0.2, 0) is 36.9 Å². The van der Waals surface area contributed by atoms with Gasteiger partial charge < -0.3 is 28.8 Å². The second-order valence-electron chi connectivity index (χ2n) is 8.65. The zero-order valence-electron chi connectivity index (χ0n) is 20.6. The van der Waals surface area contributed by atoms with Gasteiger partial charge in [0, 0.05) is 0 Å².